The van der Waals surface area contributed by atoms with Gasteiger partial charge in [0.2, 0.25) is 11.8 Å². The summed E-state index contributed by atoms with van der Waals surface area (Å²) in [5.41, 5.74) is 10.9. The first-order valence-corrected chi connectivity index (χ1v) is 11.6. The molecule has 14 nitrogen and oxygen atoms in total. The molecule has 0 aliphatic heterocycles. The Morgan fingerprint density at radius 3 is 2.37 bits per heavy atom. The number of aliphatic carboxylic acids is 1. The lowest BCUT2D eigenvalue weighted by Crippen LogP contribution is -2.48. The molecule has 17 heteroatoms. The molecule has 41 heavy (non-hydrogen) atoms. The zero-order chi connectivity index (χ0) is 30.6. The maximum atomic E-state index is 12.9. The highest BCUT2D eigenvalue weighted by Gasteiger charge is 2.43. The molecule has 2 rings (SSSR count). The SMILES string of the molecule is N=C(N)Nc1cccc(C(=O)NCC(=O)N[C@@H](CC(=O)O)C(=Nc2ccc(OCCN)cc2)OC(=O)C(F)(F)F)c1. The lowest BCUT2D eigenvalue weighted by atomic mass is 10.2. The number of hydrogen-bond acceptors (Lipinski definition) is 9. The summed E-state index contributed by atoms with van der Waals surface area (Å²) in [5.74, 6) is -7.16. The lowest BCUT2D eigenvalue weighted by Gasteiger charge is -2.20. The Hall–Kier alpha value is -5.19. The molecule has 0 aromatic heterocycles. The summed E-state index contributed by atoms with van der Waals surface area (Å²) in [4.78, 5) is 51.8. The van der Waals surface area contributed by atoms with E-state index in [1.165, 1.54) is 48.5 Å². The minimum absolute atomic E-state index is 0.0615. The number of carbonyl (C=O) groups excluding carboxylic acids is 3. The van der Waals surface area contributed by atoms with Crippen molar-refractivity contribution in [3.8, 4) is 5.75 Å². The number of halogens is 3. The number of ether oxygens (including phenoxy) is 2. The first kappa shape index (κ1) is 32.0. The van der Waals surface area contributed by atoms with Gasteiger partial charge in [-0.2, -0.15) is 13.2 Å². The quantitative estimate of drug-likeness (QED) is 0.106. The van der Waals surface area contributed by atoms with Crippen molar-refractivity contribution in [1.82, 2.24) is 10.6 Å². The highest BCUT2D eigenvalue weighted by molar-refractivity contribution is 6.01. The number of nitrogens with one attached hydrogen (secondary N) is 4. The Balaban J connectivity index is 2.24. The Bertz CT molecular complexity index is 1300. The molecule has 0 fully saturated rings. The van der Waals surface area contributed by atoms with Crippen molar-refractivity contribution in [2.75, 3.05) is 25.0 Å². The molecule has 0 bridgehead atoms. The van der Waals surface area contributed by atoms with Crippen LogP contribution in [0.15, 0.2) is 53.5 Å². The van der Waals surface area contributed by atoms with E-state index in [2.05, 4.69) is 25.7 Å². The minimum Gasteiger partial charge on any atom is -0.492 e. The van der Waals surface area contributed by atoms with E-state index < -0.39 is 54.8 Å². The molecule has 0 aliphatic carbocycles. The number of benzene rings is 2. The molecule has 0 saturated carbocycles. The third kappa shape index (κ3) is 11.2. The van der Waals surface area contributed by atoms with Gasteiger partial charge in [0.25, 0.3) is 5.91 Å². The summed E-state index contributed by atoms with van der Waals surface area (Å²) >= 11 is 0. The van der Waals surface area contributed by atoms with Gasteiger partial charge in [0.1, 0.15) is 18.4 Å². The van der Waals surface area contributed by atoms with E-state index in [0.717, 1.165) is 0 Å². The van der Waals surface area contributed by atoms with Crippen LogP contribution in [-0.4, -0.2) is 72.6 Å². The standard InChI is InChI=1S/C24H26F3N7O7/c25-24(26,27)22(39)41-21(32-14-4-6-16(7-5-14)40-9-8-28)17(11-19(36)37)34-18(35)12-31-20(38)13-2-1-3-15(10-13)33-23(29)30/h1-7,10,17H,8-9,11-12,28H2,(H,31,38)(H,34,35)(H,36,37)(H4,29,30,33)/t17-/m0/s1. The molecule has 220 valence electrons. The smallest absolute Gasteiger partial charge is 0.491 e. The Morgan fingerprint density at radius 2 is 1.78 bits per heavy atom. The van der Waals surface area contributed by atoms with E-state index in [0.29, 0.717) is 11.4 Å². The van der Waals surface area contributed by atoms with E-state index >= 15 is 0 Å². The average molecular weight is 582 g/mol. The summed E-state index contributed by atoms with van der Waals surface area (Å²) < 4.78 is 48.5. The van der Waals surface area contributed by atoms with Crippen LogP contribution in [0.25, 0.3) is 0 Å². The number of alkyl halides is 3. The van der Waals surface area contributed by atoms with Gasteiger partial charge in [-0.15, -0.1) is 0 Å². The van der Waals surface area contributed by atoms with Crippen LogP contribution in [-0.2, 0) is 19.1 Å². The number of carboxylic acid groups (broad SMARTS) is 1. The van der Waals surface area contributed by atoms with Crippen molar-refractivity contribution >= 4 is 47.0 Å². The molecule has 0 radical (unpaired) electrons. The fourth-order valence-electron chi connectivity index (χ4n) is 3.02. The highest BCUT2D eigenvalue weighted by atomic mass is 19.4. The normalized spacial score (nSPS) is 12.0. The van der Waals surface area contributed by atoms with E-state index in [4.69, 9.17) is 21.6 Å². The van der Waals surface area contributed by atoms with Crippen molar-refractivity contribution in [3.05, 3.63) is 54.1 Å². The third-order valence-electron chi connectivity index (χ3n) is 4.72. The van der Waals surface area contributed by atoms with Crippen LogP contribution in [0.4, 0.5) is 24.5 Å². The fourth-order valence-corrected chi connectivity index (χ4v) is 3.02. The minimum atomic E-state index is -5.46. The van der Waals surface area contributed by atoms with Crippen LogP contribution in [0.1, 0.15) is 16.8 Å². The molecule has 9 N–H and O–H groups in total. The van der Waals surface area contributed by atoms with Gasteiger partial charge >= 0.3 is 18.1 Å². The first-order chi connectivity index (χ1) is 19.3. The van der Waals surface area contributed by atoms with E-state index in [9.17, 15) is 37.5 Å². The van der Waals surface area contributed by atoms with Crippen LogP contribution in [0.3, 0.4) is 0 Å². The summed E-state index contributed by atoms with van der Waals surface area (Å²) in [6, 6.07) is 9.19. The van der Waals surface area contributed by atoms with Crippen LogP contribution >= 0.6 is 0 Å². The Kier molecular flexibility index (Phi) is 11.6. The van der Waals surface area contributed by atoms with Gasteiger partial charge in [0.15, 0.2) is 5.96 Å². The van der Waals surface area contributed by atoms with Crippen LogP contribution in [0.5, 0.6) is 5.75 Å². The first-order valence-electron chi connectivity index (χ1n) is 11.6. The van der Waals surface area contributed by atoms with Crippen LogP contribution in [0.2, 0.25) is 0 Å². The highest BCUT2D eigenvalue weighted by Crippen LogP contribution is 2.22. The number of rotatable bonds is 12. The average Bonchev–Trinajstić information content (AvgIpc) is 2.89. The van der Waals surface area contributed by atoms with Crippen molar-refractivity contribution in [2.45, 2.75) is 18.6 Å². The van der Waals surface area contributed by atoms with E-state index in [-0.39, 0.29) is 30.4 Å². The summed E-state index contributed by atoms with van der Waals surface area (Å²) in [6.45, 7) is -0.341. The molecule has 2 aromatic carbocycles. The molecule has 0 unspecified atom stereocenters. The summed E-state index contributed by atoms with van der Waals surface area (Å²) in [5, 5.41) is 23.4. The molecule has 0 spiro atoms. The number of carbonyl (C=O) groups is 4. The molecule has 0 heterocycles. The monoisotopic (exact) mass is 581 g/mol. The molecule has 2 aromatic rings. The van der Waals surface area contributed by atoms with Gasteiger partial charge in [0, 0.05) is 17.8 Å². The number of amides is 2. The number of nitrogens with two attached hydrogens (primary N) is 2. The van der Waals surface area contributed by atoms with E-state index in [1.807, 2.05) is 0 Å². The van der Waals surface area contributed by atoms with Crippen molar-refractivity contribution in [1.29, 1.82) is 5.41 Å². The second kappa shape index (κ2) is 14.8. The number of nitrogens with zero attached hydrogens (tertiary/aromatic N) is 1. The Morgan fingerprint density at radius 1 is 1.10 bits per heavy atom. The number of esters is 1. The van der Waals surface area contributed by atoms with Crippen molar-refractivity contribution in [2.24, 2.45) is 16.5 Å². The van der Waals surface area contributed by atoms with Crippen molar-refractivity contribution in [3.63, 3.8) is 0 Å². The summed E-state index contributed by atoms with van der Waals surface area (Å²) in [7, 11) is 0. The number of anilines is 1. The summed E-state index contributed by atoms with van der Waals surface area (Å²) in [6.07, 6.45) is -6.49. The number of carboxylic acids is 1. The zero-order valence-corrected chi connectivity index (χ0v) is 21.2. The van der Waals surface area contributed by atoms with E-state index in [1.54, 1.807) is 0 Å². The second-order valence-electron chi connectivity index (χ2n) is 7.99. The number of guanidine groups is 1. The number of hydrogen-bond donors (Lipinski definition) is 7. The zero-order valence-electron chi connectivity index (χ0n) is 21.2. The molecular weight excluding hydrogens is 555 g/mol. The van der Waals surface area contributed by atoms with Crippen LogP contribution in [0, 0.1) is 5.41 Å². The van der Waals surface area contributed by atoms with Gasteiger partial charge in [0.05, 0.1) is 18.7 Å². The van der Waals surface area contributed by atoms with Gasteiger partial charge in [-0.05, 0) is 42.5 Å². The van der Waals surface area contributed by atoms with Crippen molar-refractivity contribution < 1.29 is 46.9 Å². The maximum Gasteiger partial charge on any atom is 0.491 e. The largest absolute Gasteiger partial charge is 0.492 e. The fraction of sp³-hybridized carbons (Fsp3) is 0.250. The van der Waals surface area contributed by atoms with Crippen LogP contribution < -0.4 is 32.2 Å². The second-order valence-corrected chi connectivity index (χ2v) is 7.99. The lowest BCUT2D eigenvalue weighted by molar-refractivity contribution is -0.191. The third-order valence-corrected chi connectivity index (χ3v) is 4.72. The molecule has 0 saturated heterocycles. The predicted octanol–water partition coefficient (Wildman–Crippen LogP) is 0.854. The molecule has 2 amide bonds. The maximum absolute atomic E-state index is 12.9. The topological polar surface area (TPSA) is 231 Å². The number of aliphatic imine (C=N–C) groups is 1. The van der Waals surface area contributed by atoms with Gasteiger partial charge in [-0.3, -0.25) is 19.8 Å². The molecule has 1 atom stereocenters. The predicted molar refractivity (Wildman–Crippen MR) is 139 cm³/mol. The van der Waals surface area contributed by atoms with Gasteiger partial charge in [-0.25, -0.2) is 9.79 Å². The van der Waals surface area contributed by atoms with Gasteiger partial charge in [-0.1, -0.05) is 6.07 Å². The Labute approximate surface area is 230 Å². The molecular formula is C24H26F3N7O7. The molecule has 0 aliphatic rings. The van der Waals surface area contributed by atoms with Gasteiger partial charge < -0.3 is 42.0 Å².